The van der Waals surface area contributed by atoms with E-state index in [1.807, 2.05) is 92.7 Å². The quantitative estimate of drug-likeness (QED) is 0.0468. The van der Waals surface area contributed by atoms with Gasteiger partial charge in [-0.1, -0.05) is 73.2 Å². The minimum atomic E-state index is -0.483. The van der Waals surface area contributed by atoms with Crippen LogP contribution in [0.1, 0.15) is 83.6 Å². The van der Waals surface area contributed by atoms with Gasteiger partial charge in [-0.15, -0.1) is 0 Å². The number of nitrogens with zero attached hydrogens (tertiary/aromatic N) is 1. The van der Waals surface area contributed by atoms with E-state index in [1.165, 1.54) is 0 Å². The van der Waals surface area contributed by atoms with Crippen molar-refractivity contribution >= 4 is 23.7 Å². The van der Waals surface area contributed by atoms with Gasteiger partial charge in [0.2, 0.25) is 0 Å². The van der Waals surface area contributed by atoms with Crippen molar-refractivity contribution in [3.8, 4) is 16.9 Å². The third-order valence-electron chi connectivity index (χ3n) is 10.8. The number of esters is 2. The average molecular weight is 760 g/mol. The third-order valence-corrected chi connectivity index (χ3v) is 10.8. The smallest absolute Gasteiger partial charge is 0.411 e. The summed E-state index contributed by atoms with van der Waals surface area (Å²) in [5, 5.41) is 2.94. The fourth-order valence-corrected chi connectivity index (χ4v) is 7.72. The topological polar surface area (TPSA) is 109 Å². The first-order valence-electron chi connectivity index (χ1n) is 20.1. The summed E-state index contributed by atoms with van der Waals surface area (Å²) in [6.07, 6.45) is 7.09. The molecule has 0 spiro atoms. The van der Waals surface area contributed by atoms with Crippen LogP contribution in [0, 0.1) is 11.8 Å². The molecule has 1 aliphatic rings. The van der Waals surface area contributed by atoms with Gasteiger partial charge < -0.3 is 28.2 Å². The molecule has 0 aromatic heterocycles. The molecule has 300 valence electrons. The number of anilines is 1. The molecule has 0 radical (unpaired) electrons. The molecule has 0 saturated heterocycles. The van der Waals surface area contributed by atoms with Crippen LogP contribution in [-0.2, 0) is 35.1 Å². The zero-order valence-electron chi connectivity index (χ0n) is 33.6. The predicted molar refractivity (Wildman–Crippen MR) is 216 cm³/mol. The van der Waals surface area contributed by atoms with Gasteiger partial charge in [0.15, 0.2) is 6.04 Å². The molecule has 0 unspecified atom stereocenters. The standard InChI is InChI=1S/C45H62N2O8/c1-6-53-43(48)39(35-25-27-37(28-26-35)55-45(50)46-40-23-15-14-22-38(40)34-19-11-10-12-20-34)29-30-41(44(49)54-7-2)47(3,4)31-17-8-9-18-32-52-33-36-21-13-16-24-42(36)51-5/h10-16,19-24,35,37,39,41H,6-9,17-18,25-33H2,1-5H3/p+1/t35?,37?,39-,41-/m1/s1. The van der Waals surface area contributed by atoms with Gasteiger partial charge in [0.25, 0.3) is 0 Å². The van der Waals surface area contributed by atoms with Crippen molar-refractivity contribution in [3.05, 3.63) is 84.4 Å². The SMILES string of the molecule is CCOC(=O)[C@@H](CC[C@@H](C(=O)OCC)C1CCC(OC(=O)Nc2ccccc2-c2ccccc2)CC1)[N+](C)(C)CCCCCCOCc1ccccc1OC. The Hall–Kier alpha value is -4.41. The third kappa shape index (κ3) is 13.7. The van der Waals surface area contributed by atoms with Crippen molar-refractivity contribution in [3.63, 3.8) is 0 Å². The van der Waals surface area contributed by atoms with Crippen LogP contribution in [0.4, 0.5) is 10.5 Å². The number of hydrogen-bond acceptors (Lipinski definition) is 8. The number of carbonyl (C=O) groups excluding carboxylic acids is 3. The fourth-order valence-electron chi connectivity index (χ4n) is 7.72. The zero-order chi connectivity index (χ0) is 39.5. The van der Waals surface area contributed by atoms with Gasteiger partial charge in [0, 0.05) is 24.2 Å². The highest BCUT2D eigenvalue weighted by molar-refractivity contribution is 5.91. The van der Waals surface area contributed by atoms with Crippen LogP contribution in [0.3, 0.4) is 0 Å². The van der Waals surface area contributed by atoms with Gasteiger partial charge in [-0.2, -0.15) is 0 Å². The summed E-state index contributed by atoms with van der Waals surface area (Å²) >= 11 is 0. The molecule has 10 heteroatoms. The fraction of sp³-hybridized carbons (Fsp3) is 0.533. The van der Waals surface area contributed by atoms with Crippen molar-refractivity contribution in [1.29, 1.82) is 0 Å². The number of unbranched alkanes of at least 4 members (excludes halogenated alkanes) is 3. The van der Waals surface area contributed by atoms with E-state index < -0.39 is 12.1 Å². The van der Waals surface area contributed by atoms with Crippen LogP contribution in [-0.4, -0.2) is 82.2 Å². The van der Waals surface area contributed by atoms with Gasteiger partial charge in [-0.05, 0) is 88.8 Å². The summed E-state index contributed by atoms with van der Waals surface area (Å²) in [6, 6.07) is 25.1. The second-order valence-corrected chi connectivity index (χ2v) is 15.0. The lowest BCUT2D eigenvalue weighted by molar-refractivity contribution is -0.907. The molecule has 1 N–H and O–H groups in total. The van der Waals surface area contributed by atoms with E-state index in [9.17, 15) is 14.4 Å². The first-order valence-corrected chi connectivity index (χ1v) is 20.1. The largest absolute Gasteiger partial charge is 0.496 e. The van der Waals surface area contributed by atoms with E-state index >= 15 is 0 Å². The molecule has 0 bridgehead atoms. The van der Waals surface area contributed by atoms with Crippen LogP contribution in [0.15, 0.2) is 78.9 Å². The molecule has 2 atom stereocenters. The summed E-state index contributed by atoms with van der Waals surface area (Å²) in [5.74, 6) is 0.123. The van der Waals surface area contributed by atoms with Crippen LogP contribution in [0.25, 0.3) is 11.1 Å². The molecule has 1 saturated carbocycles. The molecule has 0 heterocycles. The number of nitrogens with one attached hydrogen (secondary N) is 1. The molecule has 3 aromatic rings. The second-order valence-electron chi connectivity index (χ2n) is 15.0. The van der Waals surface area contributed by atoms with E-state index in [1.54, 1.807) is 7.11 Å². The van der Waals surface area contributed by atoms with E-state index in [-0.39, 0.29) is 29.9 Å². The van der Waals surface area contributed by atoms with Gasteiger partial charge >= 0.3 is 18.0 Å². The monoisotopic (exact) mass is 759 g/mol. The highest BCUT2D eigenvalue weighted by Gasteiger charge is 2.40. The van der Waals surface area contributed by atoms with Crippen molar-refractivity contribution in [2.75, 3.05) is 52.9 Å². The Morgan fingerprint density at radius 3 is 2.15 bits per heavy atom. The minimum Gasteiger partial charge on any atom is -0.496 e. The summed E-state index contributed by atoms with van der Waals surface area (Å²) in [7, 11) is 5.84. The Bertz CT molecular complexity index is 1610. The normalized spacial score (nSPS) is 16.7. The molecule has 1 fully saturated rings. The molecule has 10 nitrogen and oxygen atoms in total. The summed E-state index contributed by atoms with van der Waals surface area (Å²) in [5.41, 5.74) is 3.67. The maximum absolute atomic E-state index is 13.4. The lowest BCUT2D eigenvalue weighted by Crippen LogP contribution is -2.54. The lowest BCUT2D eigenvalue weighted by Gasteiger charge is -2.38. The van der Waals surface area contributed by atoms with Gasteiger partial charge in [-0.3, -0.25) is 10.1 Å². The lowest BCUT2D eigenvalue weighted by atomic mass is 9.76. The summed E-state index contributed by atoms with van der Waals surface area (Å²) in [4.78, 5) is 39.8. The zero-order valence-corrected chi connectivity index (χ0v) is 33.6. The van der Waals surface area contributed by atoms with Crippen molar-refractivity contribution in [1.82, 2.24) is 0 Å². The number of amides is 1. The summed E-state index contributed by atoms with van der Waals surface area (Å²) < 4.78 is 28.8. The molecule has 0 aliphatic heterocycles. The Morgan fingerprint density at radius 2 is 1.42 bits per heavy atom. The number of likely N-dealkylation sites (N-methyl/N-ethyl adjacent to an activating group) is 1. The molecular formula is C45H63N2O8+. The number of methoxy groups -OCH3 is 1. The number of hydrogen-bond donors (Lipinski definition) is 1. The van der Waals surface area contributed by atoms with Crippen LogP contribution in [0.2, 0.25) is 0 Å². The highest BCUT2D eigenvalue weighted by atomic mass is 16.6. The molecule has 55 heavy (non-hydrogen) atoms. The van der Waals surface area contributed by atoms with Crippen molar-refractivity contribution < 1.29 is 42.6 Å². The van der Waals surface area contributed by atoms with E-state index in [2.05, 4.69) is 19.4 Å². The van der Waals surface area contributed by atoms with Crippen LogP contribution >= 0.6 is 0 Å². The van der Waals surface area contributed by atoms with Gasteiger partial charge in [0.1, 0.15) is 11.9 Å². The van der Waals surface area contributed by atoms with Crippen LogP contribution in [0.5, 0.6) is 5.75 Å². The minimum absolute atomic E-state index is 0.0735. The predicted octanol–water partition coefficient (Wildman–Crippen LogP) is 9.21. The van der Waals surface area contributed by atoms with E-state index in [0.717, 1.165) is 67.5 Å². The number of rotatable bonds is 22. The number of carbonyl (C=O) groups is 3. The summed E-state index contributed by atoms with van der Waals surface area (Å²) in [6.45, 7) is 6.28. The van der Waals surface area contributed by atoms with Gasteiger partial charge in [0.05, 0.1) is 59.2 Å². The number of quaternary nitrogens is 1. The highest BCUT2D eigenvalue weighted by Crippen LogP contribution is 2.36. The Balaban J connectivity index is 1.26. The maximum Gasteiger partial charge on any atom is 0.411 e. The first-order chi connectivity index (χ1) is 26.7. The van der Waals surface area contributed by atoms with Crippen LogP contribution < -0.4 is 10.1 Å². The first kappa shape index (κ1) is 43.3. The van der Waals surface area contributed by atoms with Gasteiger partial charge in [-0.25, -0.2) is 9.59 Å². The number of para-hydroxylation sites is 2. The molecular weight excluding hydrogens is 697 g/mol. The second kappa shape index (κ2) is 22.8. The van der Waals surface area contributed by atoms with E-state index in [0.29, 0.717) is 62.3 Å². The molecule has 4 rings (SSSR count). The number of ether oxygens (including phenoxy) is 5. The molecule has 1 aliphatic carbocycles. The Morgan fingerprint density at radius 1 is 0.764 bits per heavy atom. The average Bonchev–Trinajstić information content (AvgIpc) is 3.18. The Kier molecular flexibility index (Phi) is 18.0. The maximum atomic E-state index is 13.4. The van der Waals surface area contributed by atoms with E-state index in [4.69, 9.17) is 23.7 Å². The van der Waals surface area contributed by atoms with Crippen molar-refractivity contribution in [2.24, 2.45) is 11.8 Å². The van der Waals surface area contributed by atoms with Crippen molar-refractivity contribution in [2.45, 2.75) is 96.8 Å². The molecule has 1 amide bonds. The Labute approximate surface area is 328 Å². The molecule has 3 aromatic carbocycles. The number of benzene rings is 3.